The Morgan fingerprint density at radius 2 is 1.71 bits per heavy atom. The molecule has 0 radical (unpaired) electrons. The number of carbonyl (C=O) groups is 1. The lowest BCUT2D eigenvalue weighted by Crippen LogP contribution is -2.20. The lowest BCUT2D eigenvalue weighted by atomic mass is 9.93. The molecule has 5 heteroatoms. The Hall–Kier alpha value is -1.95. The van der Waals surface area contributed by atoms with Gasteiger partial charge in [-0.05, 0) is 64.4 Å². The van der Waals surface area contributed by atoms with Crippen LogP contribution >= 0.6 is 0 Å². The highest BCUT2D eigenvalue weighted by atomic mass is 16.5. The highest BCUT2D eigenvalue weighted by molar-refractivity contribution is 5.69. The van der Waals surface area contributed by atoms with Crippen LogP contribution in [0.4, 0.5) is 0 Å². The second kappa shape index (κ2) is 16.7. The first-order valence-corrected chi connectivity index (χ1v) is 11.5. The first kappa shape index (κ1) is 27.1. The van der Waals surface area contributed by atoms with Crippen molar-refractivity contribution in [3.63, 3.8) is 0 Å². The molecule has 0 aliphatic heterocycles. The third-order valence-corrected chi connectivity index (χ3v) is 5.02. The molecule has 0 amide bonds. The predicted octanol–water partition coefficient (Wildman–Crippen LogP) is 4.35. The minimum atomic E-state index is -0.637. The van der Waals surface area contributed by atoms with E-state index in [1.165, 1.54) is 5.56 Å². The zero-order valence-corrected chi connectivity index (χ0v) is 19.0. The molecule has 0 spiro atoms. The lowest BCUT2D eigenvalue weighted by Gasteiger charge is -2.19. The number of carbonyl (C=O) groups excluding carboxylic acids is 1. The maximum Gasteiger partial charge on any atom is 0.306 e. The fourth-order valence-electron chi connectivity index (χ4n) is 3.30. The molecule has 31 heavy (non-hydrogen) atoms. The minimum Gasteiger partial charge on any atom is -0.463 e. The Morgan fingerprint density at radius 1 is 1.00 bits per heavy atom. The van der Waals surface area contributed by atoms with Gasteiger partial charge in [-0.15, -0.1) is 0 Å². The van der Waals surface area contributed by atoms with Gasteiger partial charge in [-0.25, -0.2) is 0 Å². The van der Waals surface area contributed by atoms with Gasteiger partial charge in [0, 0.05) is 18.9 Å². The van der Waals surface area contributed by atoms with Gasteiger partial charge >= 0.3 is 5.97 Å². The minimum absolute atomic E-state index is 0.0651. The molecule has 5 nitrogen and oxygen atoms in total. The summed E-state index contributed by atoms with van der Waals surface area (Å²) in [7, 11) is 0. The number of rotatable bonds is 16. The van der Waals surface area contributed by atoms with Crippen LogP contribution in [-0.2, 0) is 16.0 Å². The molecule has 3 unspecified atom stereocenters. The van der Waals surface area contributed by atoms with Gasteiger partial charge in [0.15, 0.2) is 0 Å². The molecule has 0 aromatic heterocycles. The molecule has 0 aliphatic rings. The molecule has 1 aromatic rings. The molecule has 0 saturated carbocycles. The van der Waals surface area contributed by atoms with E-state index in [9.17, 15) is 15.0 Å². The fraction of sp³-hybridized carbons (Fsp3) is 0.577. The molecule has 0 bridgehead atoms. The molecule has 0 heterocycles. The summed E-state index contributed by atoms with van der Waals surface area (Å²) in [6, 6.07) is 10.0. The zero-order chi connectivity index (χ0) is 22.9. The van der Waals surface area contributed by atoms with Crippen molar-refractivity contribution >= 4 is 5.97 Å². The molecular formula is C26H40O5. The quantitative estimate of drug-likeness (QED) is 0.205. The van der Waals surface area contributed by atoms with Gasteiger partial charge in [-0.2, -0.15) is 0 Å². The Morgan fingerprint density at radius 3 is 2.39 bits per heavy atom. The van der Waals surface area contributed by atoms with E-state index in [4.69, 9.17) is 9.84 Å². The molecule has 3 atom stereocenters. The molecule has 0 fully saturated rings. The molecule has 174 valence electrons. The standard InChI is InChI=1S/C26H40O5/c1-21(2)31-26(30)14-10-5-3-4-9-13-23(25(29)19-20-27)16-18-24(28)17-15-22-11-7-6-8-12-22/h3-4,6-8,11-12,16,18,21,23-25,27-29H,5,9-10,13-15,17,19-20H2,1-2H3. The van der Waals surface area contributed by atoms with Crippen molar-refractivity contribution < 1.29 is 24.9 Å². The van der Waals surface area contributed by atoms with Crippen LogP contribution < -0.4 is 0 Å². The number of hydrogen-bond donors (Lipinski definition) is 3. The summed E-state index contributed by atoms with van der Waals surface area (Å²) >= 11 is 0. The van der Waals surface area contributed by atoms with Crippen LogP contribution in [0, 0.1) is 5.92 Å². The van der Waals surface area contributed by atoms with Crippen molar-refractivity contribution in [2.75, 3.05) is 6.61 Å². The summed E-state index contributed by atoms with van der Waals surface area (Å²) in [5.74, 6) is -0.282. The van der Waals surface area contributed by atoms with Gasteiger partial charge in [0.1, 0.15) is 0 Å². The zero-order valence-electron chi connectivity index (χ0n) is 19.0. The summed E-state index contributed by atoms with van der Waals surface area (Å²) < 4.78 is 5.11. The first-order chi connectivity index (χ1) is 14.9. The van der Waals surface area contributed by atoms with Crippen LogP contribution in [0.15, 0.2) is 54.6 Å². The second-order valence-corrected chi connectivity index (χ2v) is 8.20. The summed E-state index contributed by atoms with van der Waals surface area (Å²) in [6.45, 7) is 3.62. The summed E-state index contributed by atoms with van der Waals surface area (Å²) in [6.07, 6.45) is 11.7. The topological polar surface area (TPSA) is 87.0 Å². The van der Waals surface area contributed by atoms with E-state index in [0.717, 1.165) is 32.1 Å². The highest BCUT2D eigenvalue weighted by Crippen LogP contribution is 2.18. The Labute approximate surface area is 187 Å². The average molecular weight is 433 g/mol. The molecule has 0 aliphatic carbocycles. The number of allylic oxidation sites excluding steroid dienone is 2. The predicted molar refractivity (Wildman–Crippen MR) is 125 cm³/mol. The summed E-state index contributed by atoms with van der Waals surface area (Å²) in [4.78, 5) is 11.5. The van der Waals surface area contributed by atoms with Crippen LogP contribution in [0.5, 0.6) is 0 Å². The Kier molecular flexibility index (Phi) is 14.6. The average Bonchev–Trinajstić information content (AvgIpc) is 2.74. The highest BCUT2D eigenvalue weighted by Gasteiger charge is 2.15. The summed E-state index contributed by atoms with van der Waals surface area (Å²) in [5.41, 5.74) is 1.19. The summed E-state index contributed by atoms with van der Waals surface area (Å²) in [5, 5.41) is 29.8. The van der Waals surface area contributed by atoms with Crippen molar-refractivity contribution in [2.45, 2.75) is 83.5 Å². The van der Waals surface area contributed by atoms with Crippen molar-refractivity contribution in [1.82, 2.24) is 0 Å². The van der Waals surface area contributed by atoms with Crippen molar-refractivity contribution in [2.24, 2.45) is 5.92 Å². The third-order valence-electron chi connectivity index (χ3n) is 5.02. The van der Waals surface area contributed by atoms with Crippen LogP contribution in [0.3, 0.4) is 0 Å². The molecule has 3 N–H and O–H groups in total. The van der Waals surface area contributed by atoms with Crippen molar-refractivity contribution in [3.05, 3.63) is 60.2 Å². The number of unbranched alkanes of at least 4 members (excludes halogenated alkanes) is 1. The van der Waals surface area contributed by atoms with E-state index < -0.39 is 12.2 Å². The number of esters is 1. The number of hydrogen-bond acceptors (Lipinski definition) is 5. The maximum absolute atomic E-state index is 11.5. The smallest absolute Gasteiger partial charge is 0.306 e. The van der Waals surface area contributed by atoms with Crippen molar-refractivity contribution in [3.8, 4) is 0 Å². The van der Waals surface area contributed by atoms with Crippen molar-refractivity contribution in [1.29, 1.82) is 0 Å². The van der Waals surface area contributed by atoms with Gasteiger partial charge in [-0.1, -0.05) is 54.6 Å². The maximum atomic E-state index is 11.5. The van der Waals surface area contributed by atoms with E-state index in [0.29, 0.717) is 19.3 Å². The van der Waals surface area contributed by atoms with Gasteiger partial charge in [0.2, 0.25) is 0 Å². The van der Waals surface area contributed by atoms with E-state index in [1.807, 2.05) is 50.3 Å². The Balaban J connectivity index is 2.39. The number of aliphatic hydroxyl groups excluding tert-OH is 3. The molecule has 1 rings (SSSR count). The lowest BCUT2D eigenvalue weighted by molar-refractivity contribution is -0.147. The van der Waals surface area contributed by atoms with Gasteiger partial charge in [0.05, 0.1) is 18.3 Å². The normalized spacial score (nSPS) is 14.9. The van der Waals surface area contributed by atoms with Crippen LogP contribution in [-0.4, -0.2) is 46.2 Å². The fourth-order valence-corrected chi connectivity index (χ4v) is 3.30. The van der Waals surface area contributed by atoms with Crippen LogP contribution in [0.1, 0.15) is 64.4 Å². The van der Waals surface area contributed by atoms with Gasteiger partial charge in [0.25, 0.3) is 0 Å². The van der Waals surface area contributed by atoms with E-state index in [-0.39, 0.29) is 24.6 Å². The largest absolute Gasteiger partial charge is 0.463 e. The number of aliphatic hydroxyl groups is 3. The number of benzene rings is 1. The Bertz CT molecular complexity index is 638. The number of ether oxygens (including phenoxy) is 1. The monoisotopic (exact) mass is 432 g/mol. The number of aryl methyl sites for hydroxylation is 1. The molecule has 1 aromatic carbocycles. The van der Waals surface area contributed by atoms with E-state index >= 15 is 0 Å². The van der Waals surface area contributed by atoms with Crippen LogP contribution in [0.2, 0.25) is 0 Å². The third kappa shape index (κ3) is 13.9. The van der Waals surface area contributed by atoms with Crippen LogP contribution in [0.25, 0.3) is 0 Å². The molecular weight excluding hydrogens is 392 g/mol. The SMILES string of the molecule is CC(C)OC(=O)CCCC=CCCC(C=CC(O)CCc1ccccc1)C(O)CCO. The van der Waals surface area contributed by atoms with Gasteiger partial charge < -0.3 is 20.1 Å². The first-order valence-electron chi connectivity index (χ1n) is 11.5. The second-order valence-electron chi connectivity index (χ2n) is 8.20. The van der Waals surface area contributed by atoms with E-state index in [2.05, 4.69) is 12.2 Å². The van der Waals surface area contributed by atoms with E-state index in [1.54, 1.807) is 6.08 Å². The molecule has 0 saturated heterocycles. The van der Waals surface area contributed by atoms with Gasteiger partial charge in [-0.3, -0.25) is 4.79 Å².